The fourth-order valence-corrected chi connectivity index (χ4v) is 6.15. The van der Waals surface area contributed by atoms with Gasteiger partial charge in [-0.25, -0.2) is 0 Å². The van der Waals surface area contributed by atoms with Crippen LogP contribution in [-0.2, 0) is 23.1 Å². The third kappa shape index (κ3) is 39.1. The van der Waals surface area contributed by atoms with Crippen LogP contribution in [0.2, 0.25) is 0 Å². The molecule has 1 unspecified atom stereocenters. The van der Waals surface area contributed by atoms with E-state index in [-0.39, 0.29) is 38.9 Å². The molecule has 0 bridgehead atoms. The summed E-state index contributed by atoms with van der Waals surface area (Å²) in [5.41, 5.74) is 5.42. The summed E-state index contributed by atoms with van der Waals surface area (Å²) in [5.74, 6) is 0.0589. The van der Waals surface area contributed by atoms with Crippen molar-refractivity contribution < 1.29 is 23.1 Å². The van der Waals surface area contributed by atoms with Crippen molar-refractivity contribution in [2.24, 2.45) is 11.7 Å². The van der Waals surface area contributed by atoms with Gasteiger partial charge in [-0.3, -0.25) is 4.79 Å². The van der Waals surface area contributed by atoms with E-state index in [4.69, 9.17) is 19.5 Å². The van der Waals surface area contributed by atoms with Crippen LogP contribution >= 0.6 is 8.25 Å². The highest BCUT2D eigenvalue weighted by Gasteiger charge is 2.24. The third-order valence-electron chi connectivity index (χ3n) is 8.40. The number of carbonyl (C=O) groups is 1. The van der Waals surface area contributed by atoms with E-state index in [1.165, 1.54) is 116 Å². The second-order valence-corrected chi connectivity index (χ2v) is 14.1. The van der Waals surface area contributed by atoms with E-state index in [1.807, 2.05) is 0 Å². The molecule has 0 radical (unpaired) electrons. The average Bonchev–Trinajstić information content (AvgIpc) is 3.07. The lowest BCUT2D eigenvalue weighted by Crippen LogP contribution is -2.18. The van der Waals surface area contributed by atoms with Crippen molar-refractivity contribution in [1.82, 2.24) is 0 Å². The molecule has 0 spiro atoms. The number of hydrogen-bond donors (Lipinski definition) is 1. The zero-order valence-corrected chi connectivity index (χ0v) is 31.7. The molecule has 6 nitrogen and oxygen atoms in total. The van der Waals surface area contributed by atoms with Gasteiger partial charge < -0.3 is 10.5 Å². The quantitative estimate of drug-likeness (QED) is 0.0299. The zero-order valence-electron chi connectivity index (χ0n) is 30.8. The Labute approximate surface area is 299 Å². The van der Waals surface area contributed by atoms with E-state index in [0.717, 1.165) is 38.5 Å². The number of allylic oxidation sites excluding steroid dienone is 5. The van der Waals surface area contributed by atoms with E-state index < -0.39 is 8.25 Å². The van der Waals surface area contributed by atoms with Gasteiger partial charge in [-0.05, 0) is 57.4 Å². The molecule has 0 aliphatic rings. The SMILES string of the molecule is C.CCCCC/C=C\C/C=C\CCCCCCCC(=O)C[C@H](CO/C=C\CCCCCCCCCCCCCC)CO[P+](=O)OCCN. The highest BCUT2D eigenvalue weighted by molar-refractivity contribution is 7.33. The number of ether oxygens (including phenoxy) is 1. The minimum absolute atomic E-state index is 0. The van der Waals surface area contributed by atoms with Gasteiger partial charge in [0, 0.05) is 29.9 Å². The number of ketones is 1. The number of hydrogen-bond acceptors (Lipinski definition) is 6. The second-order valence-electron chi connectivity index (χ2n) is 13.1. The summed E-state index contributed by atoms with van der Waals surface area (Å²) in [4.78, 5) is 12.7. The Hall–Kier alpha value is -1.33. The van der Waals surface area contributed by atoms with Gasteiger partial charge in [-0.15, -0.1) is 9.05 Å². The maximum atomic E-state index is 12.7. The van der Waals surface area contributed by atoms with Crippen molar-refractivity contribution in [3.05, 3.63) is 36.6 Å². The smallest absolute Gasteiger partial charge is 0.501 e. The molecular formula is C41H79NO5P+. The van der Waals surface area contributed by atoms with E-state index in [0.29, 0.717) is 19.4 Å². The van der Waals surface area contributed by atoms with Gasteiger partial charge in [0.15, 0.2) is 0 Å². The van der Waals surface area contributed by atoms with E-state index in [1.54, 1.807) is 6.26 Å². The number of unbranched alkanes of at least 4 members (excludes halogenated alkanes) is 20. The molecule has 282 valence electrons. The van der Waals surface area contributed by atoms with Gasteiger partial charge in [0.1, 0.15) is 19.0 Å². The minimum Gasteiger partial charge on any atom is -0.501 e. The fourth-order valence-electron chi connectivity index (χ4n) is 5.49. The first-order valence-corrected chi connectivity index (χ1v) is 20.7. The molecule has 0 aliphatic heterocycles. The molecule has 2 N–H and O–H groups in total. The van der Waals surface area contributed by atoms with Crippen molar-refractivity contribution in [2.45, 2.75) is 188 Å². The van der Waals surface area contributed by atoms with Crippen molar-refractivity contribution in [1.29, 1.82) is 0 Å². The van der Waals surface area contributed by atoms with Gasteiger partial charge in [0.2, 0.25) is 0 Å². The molecule has 7 heteroatoms. The summed E-state index contributed by atoms with van der Waals surface area (Å²) in [6, 6.07) is 0. The maximum absolute atomic E-state index is 12.7. The van der Waals surface area contributed by atoms with Crippen molar-refractivity contribution in [3.63, 3.8) is 0 Å². The summed E-state index contributed by atoms with van der Waals surface area (Å²) < 4.78 is 28.2. The Morgan fingerprint density at radius 1 is 0.625 bits per heavy atom. The van der Waals surface area contributed by atoms with Gasteiger partial charge in [0.05, 0.1) is 12.9 Å². The summed E-state index contributed by atoms with van der Waals surface area (Å²) in [5, 5.41) is 0. The summed E-state index contributed by atoms with van der Waals surface area (Å²) in [6.07, 6.45) is 44.0. The minimum atomic E-state index is -2.24. The predicted octanol–water partition coefficient (Wildman–Crippen LogP) is 13.3. The predicted molar refractivity (Wildman–Crippen MR) is 209 cm³/mol. The molecule has 2 atom stereocenters. The van der Waals surface area contributed by atoms with E-state index >= 15 is 0 Å². The van der Waals surface area contributed by atoms with Crippen molar-refractivity contribution in [3.8, 4) is 0 Å². The number of rotatable bonds is 38. The van der Waals surface area contributed by atoms with Gasteiger partial charge >= 0.3 is 8.25 Å². The van der Waals surface area contributed by atoms with Crippen LogP contribution < -0.4 is 5.73 Å². The normalized spacial score (nSPS) is 12.7. The summed E-state index contributed by atoms with van der Waals surface area (Å²) >= 11 is 0. The lowest BCUT2D eigenvalue weighted by molar-refractivity contribution is -0.120. The highest BCUT2D eigenvalue weighted by atomic mass is 31.1. The van der Waals surface area contributed by atoms with Gasteiger partial charge in [-0.2, -0.15) is 0 Å². The standard InChI is InChI=1S/C40H75NO5P.CH4/c1-3-5-7-9-11-13-15-17-19-20-22-24-26-28-30-32-40(42)36-39(38-46-47(43)45-35-33-41)37-44-34-31-29-27-25-23-21-18-16-14-12-10-8-6-4-2;/h11,13,17,19,31,34,39H,3-10,12,14-16,18,20-30,32-33,35-38,41H2,1-2H3;1H4/q+1;/b13-11-,19-17-,34-31-;/t39-;/m1./s1. The van der Waals surface area contributed by atoms with Crippen LogP contribution in [0.4, 0.5) is 0 Å². The molecular weight excluding hydrogens is 617 g/mol. The van der Waals surface area contributed by atoms with Crippen LogP contribution in [0, 0.1) is 5.92 Å². The molecule has 0 fully saturated rings. The summed E-state index contributed by atoms with van der Waals surface area (Å²) in [7, 11) is -2.24. The van der Waals surface area contributed by atoms with Gasteiger partial charge in [-0.1, -0.05) is 148 Å². The molecule has 48 heavy (non-hydrogen) atoms. The second kappa shape index (κ2) is 41.8. The van der Waals surface area contributed by atoms with E-state index in [9.17, 15) is 9.36 Å². The first-order valence-electron chi connectivity index (χ1n) is 19.6. The fraction of sp³-hybridized carbons (Fsp3) is 0.829. The number of nitrogens with two attached hydrogens (primary N) is 1. The van der Waals surface area contributed by atoms with Crippen molar-refractivity contribution >= 4 is 14.0 Å². The van der Waals surface area contributed by atoms with Gasteiger partial charge in [0.25, 0.3) is 0 Å². The molecule has 0 saturated heterocycles. The molecule has 0 aliphatic carbocycles. The molecule has 0 aromatic rings. The average molecular weight is 697 g/mol. The Bertz CT molecular complexity index is 770. The zero-order chi connectivity index (χ0) is 34.3. The lowest BCUT2D eigenvalue weighted by atomic mass is 10.00. The molecule has 0 rings (SSSR count). The Morgan fingerprint density at radius 3 is 1.67 bits per heavy atom. The van der Waals surface area contributed by atoms with Crippen LogP contribution in [0.3, 0.4) is 0 Å². The molecule has 0 saturated carbocycles. The maximum Gasteiger partial charge on any atom is 0.697 e. The third-order valence-corrected chi connectivity index (χ3v) is 9.15. The lowest BCUT2D eigenvalue weighted by Gasteiger charge is -2.13. The van der Waals surface area contributed by atoms with E-state index in [2.05, 4.69) is 44.2 Å². The first-order chi connectivity index (χ1) is 23.1. The Balaban J connectivity index is 0. The largest absolute Gasteiger partial charge is 0.697 e. The Morgan fingerprint density at radius 2 is 1.10 bits per heavy atom. The number of Topliss-reactive ketones (excluding diaryl/α,β-unsaturated/α-hetero) is 1. The monoisotopic (exact) mass is 697 g/mol. The van der Waals surface area contributed by atoms with Crippen LogP contribution in [0.15, 0.2) is 36.6 Å². The first kappa shape index (κ1) is 48.8. The Kier molecular flexibility index (Phi) is 42.5. The number of carbonyl (C=O) groups excluding carboxylic acids is 1. The summed E-state index contributed by atoms with van der Waals surface area (Å²) in [6.45, 7) is 5.51. The molecule has 0 aromatic heterocycles. The molecule has 0 heterocycles. The van der Waals surface area contributed by atoms with Crippen LogP contribution in [0.5, 0.6) is 0 Å². The van der Waals surface area contributed by atoms with Crippen LogP contribution in [-0.4, -0.2) is 32.1 Å². The van der Waals surface area contributed by atoms with Crippen LogP contribution in [0.1, 0.15) is 188 Å². The topological polar surface area (TPSA) is 87.8 Å². The highest BCUT2D eigenvalue weighted by Crippen LogP contribution is 2.25. The van der Waals surface area contributed by atoms with Crippen molar-refractivity contribution in [2.75, 3.05) is 26.4 Å². The molecule has 0 amide bonds. The van der Waals surface area contributed by atoms with Crippen LogP contribution in [0.25, 0.3) is 0 Å². The molecule has 0 aromatic carbocycles.